The van der Waals surface area contributed by atoms with Gasteiger partial charge in [0.05, 0.1) is 19.6 Å². The van der Waals surface area contributed by atoms with Gasteiger partial charge in [-0.15, -0.1) is 0 Å². The van der Waals surface area contributed by atoms with E-state index in [0.717, 1.165) is 12.2 Å². The molecule has 1 rings (SSSR count). The van der Waals surface area contributed by atoms with Crippen LogP contribution in [0.1, 0.15) is 40.5 Å². The first kappa shape index (κ1) is 17.5. The zero-order valence-electron chi connectivity index (χ0n) is 13.5. The topological polar surface area (TPSA) is 47.6 Å². The summed E-state index contributed by atoms with van der Waals surface area (Å²) in [5.41, 5.74) is -0.0517. The van der Waals surface area contributed by atoms with Crippen LogP contribution in [0.3, 0.4) is 0 Å². The van der Waals surface area contributed by atoms with Gasteiger partial charge in [-0.2, -0.15) is 0 Å². The Bertz CT molecular complexity index is 412. The van der Waals surface area contributed by atoms with E-state index < -0.39 is 0 Å². The van der Waals surface area contributed by atoms with E-state index in [1.165, 1.54) is 0 Å². The monoisotopic (exact) mass is 293 g/mol. The number of hydrogen-bond acceptors (Lipinski definition) is 4. The molecule has 4 heteroatoms. The van der Waals surface area contributed by atoms with Crippen molar-refractivity contribution in [2.24, 2.45) is 0 Å². The van der Waals surface area contributed by atoms with E-state index >= 15 is 0 Å². The molecule has 0 saturated heterocycles. The van der Waals surface area contributed by atoms with Crippen molar-refractivity contribution in [3.63, 3.8) is 0 Å². The Balaban J connectivity index is 2.46. The Labute approximate surface area is 127 Å². The Morgan fingerprint density at radius 2 is 1.90 bits per heavy atom. The number of ether oxygens (including phenoxy) is 2. The second kappa shape index (κ2) is 8.67. The summed E-state index contributed by atoms with van der Waals surface area (Å²) in [4.78, 5) is 11.7. The lowest BCUT2D eigenvalue weighted by Crippen LogP contribution is -2.45. The van der Waals surface area contributed by atoms with Crippen LogP contribution in [0.5, 0.6) is 5.75 Å². The van der Waals surface area contributed by atoms with Crippen LogP contribution in [0.4, 0.5) is 0 Å². The van der Waals surface area contributed by atoms with Gasteiger partial charge >= 0.3 is 5.97 Å². The second-order valence-corrected chi connectivity index (χ2v) is 6.05. The van der Waals surface area contributed by atoms with Crippen molar-refractivity contribution in [1.82, 2.24) is 5.32 Å². The predicted molar refractivity (Wildman–Crippen MR) is 84.5 cm³/mol. The molecule has 0 saturated carbocycles. The summed E-state index contributed by atoms with van der Waals surface area (Å²) in [5.74, 6) is 0.683. The molecule has 1 unspecified atom stereocenters. The third-order valence-corrected chi connectivity index (χ3v) is 2.83. The maximum absolute atomic E-state index is 11.7. The van der Waals surface area contributed by atoms with Gasteiger partial charge in [-0.3, -0.25) is 4.79 Å². The fourth-order valence-corrected chi connectivity index (χ4v) is 2.09. The summed E-state index contributed by atoms with van der Waals surface area (Å²) >= 11 is 0. The number of carbonyl (C=O) groups is 1. The van der Waals surface area contributed by atoms with Crippen LogP contribution in [0, 0.1) is 0 Å². The van der Waals surface area contributed by atoms with E-state index in [-0.39, 0.29) is 17.6 Å². The highest BCUT2D eigenvalue weighted by molar-refractivity contribution is 5.70. The lowest BCUT2D eigenvalue weighted by atomic mass is 10.0. The Morgan fingerprint density at radius 1 is 1.24 bits per heavy atom. The average molecular weight is 293 g/mol. The first-order valence-electron chi connectivity index (χ1n) is 7.52. The van der Waals surface area contributed by atoms with Crippen LogP contribution in [0.2, 0.25) is 0 Å². The van der Waals surface area contributed by atoms with Crippen molar-refractivity contribution in [3.05, 3.63) is 30.3 Å². The summed E-state index contributed by atoms with van der Waals surface area (Å²) in [6, 6.07) is 9.75. The van der Waals surface area contributed by atoms with Gasteiger partial charge in [0, 0.05) is 11.6 Å². The van der Waals surface area contributed by atoms with E-state index in [4.69, 9.17) is 9.47 Å². The largest absolute Gasteiger partial charge is 0.494 e. The van der Waals surface area contributed by atoms with Gasteiger partial charge < -0.3 is 14.8 Å². The number of nitrogens with one attached hydrogen (secondary N) is 1. The molecule has 1 aromatic rings. The van der Waals surface area contributed by atoms with Crippen LogP contribution in [-0.2, 0) is 9.53 Å². The quantitative estimate of drug-likeness (QED) is 0.748. The lowest BCUT2D eigenvalue weighted by molar-refractivity contribution is -0.143. The van der Waals surface area contributed by atoms with Crippen molar-refractivity contribution in [2.75, 3.05) is 13.2 Å². The lowest BCUT2D eigenvalue weighted by Gasteiger charge is -2.28. The fourth-order valence-electron chi connectivity index (χ4n) is 2.09. The van der Waals surface area contributed by atoms with E-state index in [1.807, 2.05) is 37.3 Å². The minimum atomic E-state index is -0.168. The van der Waals surface area contributed by atoms with Gasteiger partial charge in [-0.05, 0) is 46.2 Å². The molecule has 0 aliphatic heterocycles. The number of para-hydroxylation sites is 1. The average Bonchev–Trinajstić information content (AvgIpc) is 2.38. The molecule has 118 valence electrons. The summed E-state index contributed by atoms with van der Waals surface area (Å²) in [6.07, 6.45) is 1.12. The predicted octanol–water partition coefficient (Wildman–Crippen LogP) is 3.17. The molecule has 0 bridgehead atoms. The number of esters is 1. The smallest absolute Gasteiger partial charge is 0.307 e. The number of carbonyl (C=O) groups excluding carboxylic acids is 1. The highest BCUT2D eigenvalue weighted by Gasteiger charge is 2.20. The van der Waals surface area contributed by atoms with E-state index in [2.05, 4.69) is 26.1 Å². The molecule has 0 aliphatic carbocycles. The van der Waals surface area contributed by atoms with Gasteiger partial charge in [-0.25, -0.2) is 0 Å². The van der Waals surface area contributed by atoms with E-state index in [9.17, 15) is 4.79 Å². The summed E-state index contributed by atoms with van der Waals surface area (Å²) < 4.78 is 10.7. The molecule has 0 fully saturated rings. The molecule has 1 aromatic carbocycles. The molecule has 21 heavy (non-hydrogen) atoms. The molecule has 0 spiro atoms. The Morgan fingerprint density at radius 3 is 2.48 bits per heavy atom. The standard InChI is InChI=1S/C17H27NO3/c1-5-20-16(19)13-14(18-17(2,3)4)11-12-21-15-9-7-6-8-10-15/h6-10,14,18H,5,11-13H2,1-4H3. The highest BCUT2D eigenvalue weighted by Crippen LogP contribution is 2.12. The SMILES string of the molecule is CCOC(=O)CC(CCOc1ccccc1)NC(C)(C)C. The fraction of sp³-hybridized carbons (Fsp3) is 0.588. The number of hydrogen-bond donors (Lipinski definition) is 1. The van der Waals surface area contributed by atoms with Gasteiger partial charge in [0.25, 0.3) is 0 Å². The Hall–Kier alpha value is -1.55. The number of rotatable bonds is 8. The van der Waals surface area contributed by atoms with Crippen LogP contribution in [0.25, 0.3) is 0 Å². The molecular formula is C17H27NO3. The second-order valence-electron chi connectivity index (χ2n) is 6.05. The summed E-state index contributed by atoms with van der Waals surface area (Å²) in [7, 11) is 0. The first-order valence-corrected chi connectivity index (χ1v) is 7.52. The molecule has 0 amide bonds. The van der Waals surface area contributed by atoms with Crippen molar-refractivity contribution >= 4 is 5.97 Å². The van der Waals surface area contributed by atoms with Crippen molar-refractivity contribution in [3.8, 4) is 5.75 Å². The van der Waals surface area contributed by atoms with Crippen molar-refractivity contribution in [1.29, 1.82) is 0 Å². The van der Waals surface area contributed by atoms with Gasteiger partial charge in [0.1, 0.15) is 5.75 Å². The molecule has 1 atom stereocenters. The normalized spacial score (nSPS) is 12.8. The first-order chi connectivity index (χ1) is 9.90. The molecule has 0 heterocycles. The Kier molecular flexibility index (Phi) is 7.23. The van der Waals surface area contributed by atoms with Gasteiger partial charge in [0.15, 0.2) is 0 Å². The third kappa shape index (κ3) is 8.35. The van der Waals surface area contributed by atoms with Crippen LogP contribution in [0.15, 0.2) is 30.3 Å². The highest BCUT2D eigenvalue weighted by atomic mass is 16.5. The van der Waals surface area contributed by atoms with Crippen LogP contribution >= 0.6 is 0 Å². The van der Waals surface area contributed by atoms with E-state index in [1.54, 1.807) is 0 Å². The minimum Gasteiger partial charge on any atom is -0.494 e. The maximum atomic E-state index is 11.7. The zero-order chi connectivity index (χ0) is 15.7. The third-order valence-electron chi connectivity index (χ3n) is 2.83. The van der Waals surface area contributed by atoms with Crippen LogP contribution in [-0.4, -0.2) is 30.8 Å². The van der Waals surface area contributed by atoms with Gasteiger partial charge in [0.2, 0.25) is 0 Å². The molecule has 4 nitrogen and oxygen atoms in total. The number of benzene rings is 1. The summed E-state index contributed by atoms with van der Waals surface area (Å²) in [5, 5.41) is 3.45. The maximum Gasteiger partial charge on any atom is 0.307 e. The summed E-state index contributed by atoms with van der Waals surface area (Å²) in [6.45, 7) is 9.07. The van der Waals surface area contributed by atoms with Gasteiger partial charge in [-0.1, -0.05) is 18.2 Å². The zero-order valence-corrected chi connectivity index (χ0v) is 13.5. The molecule has 0 aliphatic rings. The molecule has 1 N–H and O–H groups in total. The molecular weight excluding hydrogens is 266 g/mol. The molecule has 0 aromatic heterocycles. The van der Waals surface area contributed by atoms with Crippen molar-refractivity contribution < 1.29 is 14.3 Å². The van der Waals surface area contributed by atoms with E-state index in [0.29, 0.717) is 19.6 Å². The van der Waals surface area contributed by atoms with Crippen LogP contribution < -0.4 is 10.1 Å². The molecule has 0 radical (unpaired) electrons. The van der Waals surface area contributed by atoms with Crippen molar-refractivity contribution in [2.45, 2.75) is 52.1 Å². The minimum absolute atomic E-state index is 0.0489.